The van der Waals surface area contributed by atoms with Crippen LogP contribution in [0.15, 0.2) is 12.4 Å². The SMILES string of the molecule is CCn1ccnc1CN1CCC(CCNC)CC1. The van der Waals surface area contributed by atoms with Crippen molar-refractivity contribution in [2.75, 3.05) is 26.7 Å². The highest BCUT2D eigenvalue weighted by Crippen LogP contribution is 2.21. The molecule has 102 valence electrons. The zero-order chi connectivity index (χ0) is 12.8. The Labute approximate surface area is 110 Å². The molecule has 1 aliphatic rings. The molecule has 0 atom stereocenters. The predicted molar refractivity (Wildman–Crippen MR) is 74.4 cm³/mol. The van der Waals surface area contributed by atoms with E-state index in [1.807, 2.05) is 13.2 Å². The maximum atomic E-state index is 4.46. The van der Waals surface area contributed by atoms with Gasteiger partial charge in [-0.1, -0.05) is 0 Å². The number of rotatable bonds is 6. The summed E-state index contributed by atoms with van der Waals surface area (Å²) in [5.41, 5.74) is 0. The molecule has 0 aromatic carbocycles. The van der Waals surface area contributed by atoms with E-state index < -0.39 is 0 Å². The van der Waals surface area contributed by atoms with Crippen molar-refractivity contribution in [1.29, 1.82) is 0 Å². The van der Waals surface area contributed by atoms with E-state index in [1.54, 1.807) is 0 Å². The zero-order valence-electron chi connectivity index (χ0n) is 11.7. The number of aromatic nitrogens is 2. The monoisotopic (exact) mass is 250 g/mol. The molecule has 0 saturated carbocycles. The van der Waals surface area contributed by atoms with Gasteiger partial charge in [-0.25, -0.2) is 4.98 Å². The molecule has 0 aliphatic carbocycles. The van der Waals surface area contributed by atoms with E-state index in [4.69, 9.17) is 0 Å². The molecular weight excluding hydrogens is 224 g/mol. The Balaban J connectivity index is 1.76. The standard InChI is InChI=1S/C14H26N4/c1-3-18-11-8-16-14(18)12-17-9-5-13(6-10-17)4-7-15-2/h8,11,13,15H,3-7,9-10,12H2,1-2H3. The summed E-state index contributed by atoms with van der Waals surface area (Å²) in [4.78, 5) is 7.01. The highest BCUT2D eigenvalue weighted by Gasteiger charge is 2.19. The minimum absolute atomic E-state index is 0.916. The van der Waals surface area contributed by atoms with Gasteiger partial charge in [0.25, 0.3) is 0 Å². The van der Waals surface area contributed by atoms with Gasteiger partial charge in [-0.05, 0) is 58.8 Å². The molecule has 0 amide bonds. The first-order chi connectivity index (χ1) is 8.83. The van der Waals surface area contributed by atoms with Gasteiger partial charge in [0.15, 0.2) is 0 Å². The van der Waals surface area contributed by atoms with E-state index in [0.29, 0.717) is 0 Å². The normalized spacial score (nSPS) is 18.3. The second-order valence-electron chi connectivity index (χ2n) is 5.24. The summed E-state index contributed by atoms with van der Waals surface area (Å²) in [7, 11) is 2.04. The summed E-state index contributed by atoms with van der Waals surface area (Å²) in [6.07, 6.45) is 8.00. The van der Waals surface area contributed by atoms with Crippen molar-refractivity contribution in [2.45, 2.75) is 39.3 Å². The third kappa shape index (κ3) is 3.56. The van der Waals surface area contributed by atoms with Gasteiger partial charge < -0.3 is 9.88 Å². The summed E-state index contributed by atoms with van der Waals surface area (Å²) in [5, 5.41) is 3.25. The van der Waals surface area contributed by atoms with E-state index in [1.165, 1.54) is 38.2 Å². The van der Waals surface area contributed by atoms with Gasteiger partial charge in [0.2, 0.25) is 0 Å². The molecule has 0 bridgehead atoms. The Kier molecular flexibility index (Phi) is 5.20. The van der Waals surface area contributed by atoms with Crippen molar-refractivity contribution in [3.63, 3.8) is 0 Å². The van der Waals surface area contributed by atoms with Crippen LogP contribution in [0.25, 0.3) is 0 Å². The van der Waals surface area contributed by atoms with Crippen LogP contribution in [0.3, 0.4) is 0 Å². The number of nitrogens with one attached hydrogen (secondary N) is 1. The quantitative estimate of drug-likeness (QED) is 0.834. The van der Waals surface area contributed by atoms with Gasteiger partial charge in [0, 0.05) is 18.9 Å². The summed E-state index contributed by atoms with van der Waals surface area (Å²) in [5.74, 6) is 2.13. The summed E-state index contributed by atoms with van der Waals surface area (Å²) in [6, 6.07) is 0. The van der Waals surface area contributed by atoms with Crippen LogP contribution in [0.1, 0.15) is 32.0 Å². The molecule has 1 saturated heterocycles. The van der Waals surface area contributed by atoms with E-state index in [9.17, 15) is 0 Å². The third-order valence-electron chi connectivity index (χ3n) is 4.02. The fourth-order valence-corrected chi connectivity index (χ4v) is 2.76. The lowest BCUT2D eigenvalue weighted by molar-refractivity contribution is 0.167. The number of imidazole rings is 1. The van der Waals surface area contributed by atoms with Gasteiger partial charge in [-0.3, -0.25) is 4.90 Å². The van der Waals surface area contributed by atoms with Gasteiger partial charge >= 0.3 is 0 Å². The van der Waals surface area contributed by atoms with Crippen LogP contribution in [-0.2, 0) is 13.1 Å². The van der Waals surface area contributed by atoms with E-state index in [0.717, 1.165) is 25.6 Å². The van der Waals surface area contributed by atoms with E-state index in [-0.39, 0.29) is 0 Å². The maximum absolute atomic E-state index is 4.46. The molecule has 1 aromatic heterocycles. The first-order valence-electron chi connectivity index (χ1n) is 7.20. The Morgan fingerprint density at radius 2 is 2.17 bits per heavy atom. The van der Waals surface area contributed by atoms with Gasteiger partial charge in [-0.2, -0.15) is 0 Å². The van der Waals surface area contributed by atoms with Crippen LogP contribution in [0.5, 0.6) is 0 Å². The van der Waals surface area contributed by atoms with E-state index in [2.05, 4.69) is 32.9 Å². The molecule has 1 aliphatic heterocycles. The molecule has 0 spiro atoms. The molecule has 0 unspecified atom stereocenters. The lowest BCUT2D eigenvalue weighted by Gasteiger charge is -2.31. The maximum Gasteiger partial charge on any atom is 0.122 e. The average Bonchev–Trinajstić information content (AvgIpc) is 2.85. The molecule has 2 rings (SSSR count). The number of aryl methyl sites for hydroxylation is 1. The van der Waals surface area contributed by atoms with Gasteiger partial charge in [-0.15, -0.1) is 0 Å². The molecule has 4 nitrogen and oxygen atoms in total. The Bertz CT molecular complexity index is 339. The first-order valence-corrected chi connectivity index (χ1v) is 7.20. The topological polar surface area (TPSA) is 33.1 Å². The molecule has 18 heavy (non-hydrogen) atoms. The Hall–Kier alpha value is -0.870. The van der Waals surface area contributed by atoms with Crippen molar-refractivity contribution in [2.24, 2.45) is 5.92 Å². The third-order valence-corrected chi connectivity index (χ3v) is 4.02. The van der Waals surface area contributed by atoms with Crippen LogP contribution >= 0.6 is 0 Å². The first kappa shape index (κ1) is 13.6. The number of nitrogens with zero attached hydrogens (tertiary/aromatic N) is 3. The largest absolute Gasteiger partial charge is 0.334 e. The average molecular weight is 250 g/mol. The van der Waals surface area contributed by atoms with Gasteiger partial charge in [0.1, 0.15) is 5.82 Å². The highest BCUT2D eigenvalue weighted by atomic mass is 15.2. The number of hydrogen-bond acceptors (Lipinski definition) is 3. The predicted octanol–water partition coefficient (Wildman–Crippen LogP) is 1.72. The molecule has 4 heteroatoms. The molecule has 2 heterocycles. The van der Waals surface area contributed by atoms with Crippen molar-refractivity contribution in [1.82, 2.24) is 19.8 Å². The Morgan fingerprint density at radius 1 is 1.39 bits per heavy atom. The van der Waals surface area contributed by atoms with Crippen LogP contribution in [0.2, 0.25) is 0 Å². The summed E-state index contributed by atoms with van der Waals surface area (Å²) < 4.78 is 2.24. The lowest BCUT2D eigenvalue weighted by atomic mass is 9.93. The van der Waals surface area contributed by atoms with Crippen molar-refractivity contribution >= 4 is 0 Å². The summed E-state index contributed by atoms with van der Waals surface area (Å²) >= 11 is 0. The Morgan fingerprint density at radius 3 is 2.83 bits per heavy atom. The smallest absolute Gasteiger partial charge is 0.122 e. The number of piperidine rings is 1. The molecule has 0 radical (unpaired) electrons. The minimum Gasteiger partial charge on any atom is -0.334 e. The van der Waals surface area contributed by atoms with Crippen LogP contribution in [0, 0.1) is 5.92 Å². The van der Waals surface area contributed by atoms with Crippen molar-refractivity contribution in [3.05, 3.63) is 18.2 Å². The van der Waals surface area contributed by atoms with E-state index >= 15 is 0 Å². The molecule has 1 fully saturated rings. The van der Waals surface area contributed by atoms with Crippen molar-refractivity contribution in [3.8, 4) is 0 Å². The fourth-order valence-electron chi connectivity index (χ4n) is 2.76. The molecular formula is C14H26N4. The number of likely N-dealkylation sites (tertiary alicyclic amines) is 1. The van der Waals surface area contributed by atoms with Crippen LogP contribution < -0.4 is 5.32 Å². The second-order valence-corrected chi connectivity index (χ2v) is 5.24. The zero-order valence-corrected chi connectivity index (χ0v) is 11.7. The van der Waals surface area contributed by atoms with Crippen LogP contribution in [-0.4, -0.2) is 41.1 Å². The molecule has 1 aromatic rings. The van der Waals surface area contributed by atoms with Crippen molar-refractivity contribution < 1.29 is 0 Å². The fraction of sp³-hybridized carbons (Fsp3) is 0.786. The second kappa shape index (κ2) is 6.90. The minimum atomic E-state index is 0.916. The number of hydrogen-bond donors (Lipinski definition) is 1. The molecule has 1 N–H and O–H groups in total. The summed E-state index contributed by atoms with van der Waals surface area (Å²) in [6.45, 7) is 7.82. The van der Waals surface area contributed by atoms with Crippen LogP contribution in [0.4, 0.5) is 0 Å². The van der Waals surface area contributed by atoms with Gasteiger partial charge in [0.05, 0.1) is 6.54 Å². The highest BCUT2D eigenvalue weighted by molar-refractivity contribution is 4.92. The lowest BCUT2D eigenvalue weighted by Crippen LogP contribution is -2.34.